The van der Waals surface area contributed by atoms with Crippen molar-refractivity contribution in [2.24, 2.45) is 0 Å². The topological polar surface area (TPSA) is 69.4 Å². The number of rotatable bonds is 4. The molecule has 1 atom stereocenters. The molecule has 1 rings (SSSR count). The number of hydrogen-bond donors (Lipinski definition) is 1. The Balaban J connectivity index is 3.06. The Bertz CT molecular complexity index is 428. The van der Waals surface area contributed by atoms with Crippen LogP contribution in [0.2, 0.25) is 0 Å². The van der Waals surface area contributed by atoms with Crippen LogP contribution < -0.4 is 5.73 Å². The molecule has 0 bridgehead atoms. The third kappa shape index (κ3) is 2.70. The van der Waals surface area contributed by atoms with Crippen molar-refractivity contribution in [2.75, 3.05) is 19.5 Å². The van der Waals surface area contributed by atoms with Crippen molar-refractivity contribution in [3.05, 3.63) is 24.3 Å². The van der Waals surface area contributed by atoms with Crippen LogP contribution >= 0.6 is 0 Å². The normalized spacial score (nSPS) is 13.7. The summed E-state index contributed by atoms with van der Waals surface area (Å²) in [4.78, 5) is 0.243. The average molecular weight is 229 g/mol. The summed E-state index contributed by atoms with van der Waals surface area (Å²) in [7, 11) is -1.85. The summed E-state index contributed by atoms with van der Waals surface area (Å²) in [6.45, 7) is 1.79. The fourth-order valence-corrected chi connectivity index (χ4v) is 2.60. The number of nitrogens with two attached hydrogens (primary N) is 1. The minimum Gasteiger partial charge on any atom is -0.399 e. The first-order chi connectivity index (χ1) is 6.98. The second-order valence-electron chi connectivity index (χ2n) is 3.38. The highest BCUT2D eigenvalue weighted by molar-refractivity contribution is 7.92. The number of methoxy groups -OCH3 is 1. The van der Waals surface area contributed by atoms with Gasteiger partial charge in [0.2, 0.25) is 0 Å². The molecule has 84 valence electrons. The van der Waals surface area contributed by atoms with Gasteiger partial charge < -0.3 is 10.5 Å². The fourth-order valence-electron chi connectivity index (χ4n) is 1.25. The Hall–Kier alpha value is -1.07. The third-order valence-corrected chi connectivity index (χ3v) is 4.22. The summed E-state index contributed by atoms with van der Waals surface area (Å²) in [5, 5.41) is -0.565. The predicted molar refractivity (Wildman–Crippen MR) is 59.4 cm³/mol. The Morgan fingerprint density at radius 1 is 1.47 bits per heavy atom. The van der Waals surface area contributed by atoms with E-state index >= 15 is 0 Å². The van der Waals surface area contributed by atoms with Gasteiger partial charge in [-0.15, -0.1) is 0 Å². The minimum absolute atomic E-state index is 0.178. The lowest BCUT2D eigenvalue weighted by Crippen LogP contribution is -2.22. The van der Waals surface area contributed by atoms with Gasteiger partial charge in [0.1, 0.15) is 0 Å². The van der Waals surface area contributed by atoms with Crippen LogP contribution in [0.3, 0.4) is 0 Å². The van der Waals surface area contributed by atoms with Crippen LogP contribution in [0, 0.1) is 0 Å². The van der Waals surface area contributed by atoms with Gasteiger partial charge in [-0.1, -0.05) is 6.07 Å². The molecule has 0 spiro atoms. The Morgan fingerprint density at radius 3 is 2.67 bits per heavy atom. The van der Waals surface area contributed by atoms with E-state index in [0.29, 0.717) is 5.69 Å². The Morgan fingerprint density at radius 2 is 2.13 bits per heavy atom. The highest BCUT2D eigenvalue weighted by Gasteiger charge is 2.22. The summed E-state index contributed by atoms with van der Waals surface area (Å²) in [5.74, 6) is 0. The summed E-state index contributed by atoms with van der Waals surface area (Å²) in [5.41, 5.74) is 5.98. The Labute approximate surface area is 90.0 Å². The third-order valence-electron chi connectivity index (χ3n) is 2.12. The SMILES string of the molecule is COCC(C)S(=O)(=O)c1cccc(N)c1. The maximum absolute atomic E-state index is 11.9. The minimum atomic E-state index is -3.33. The van der Waals surface area contributed by atoms with Crippen molar-refractivity contribution in [2.45, 2.75) is 17.1 Å². The van der Waals surface area contributed by atoms with Crippen molar-refractivity contribution < 1.29 is 13.2 Å². The number of benzene rings is 1. The number of hydrogen-bond acceptors (Lipinski definition) is 4. The van der Waals surface area contributed by atoms with Crippen LogP contribution in [-0.4, -0.2) is 27.4 Å². The number of sulfone groups is 1. The van der Waals surface area contributed by atoms with E-state index in [0.717, 1.165) is 0 Å². The number of nitrogen functional groups attached to an aromatic ring is 1. The van der Waals surface area contributed by atoms with Crippen LogP contribution in [0.5, 0.6) is 0 Å². The van der Waals surface area contributed by atoms with E-state index in [1.165, 1.54) is 19.2 Å². The van der Waals surface area contributed by atoms with Crippen LogP contribution in [0.25, 0.3) is 0 Å². The summed E-state index contributed by atoms with van der Waals surface area (Å²) >= 11 is 0. The second-order valence-corrected chi connectivity index (χ2v) is 5.75. The zero-order valence-electron chi connectivity index (χ0n) is 8.80. The first-order valence-corrected chi connectivity index (χ1v) is 6.11. The molecule has 0 heterocycles. The molecule has 0 aliphatic heterocycles. The van der Waals surface area contributed by atoms with E-state index in [9.17, 15) is 8.42 Å². The smallest absolute Gasteiger partial charge is 0.183 e. The quantitative estimate of drug-likeness (QED) is 0.784. The molecule has 2 N–H and O–H groups in total. The van der Waals surface area contributed by atoms with E-state index in [1.54, 1.807) is 19.1 Å². The summed E-state index contributed by atoms with van der Waals surface area (Å²) < 4.78 is 28.7. The molecule has 0 fully saturated rings. The van der Waals surface area contributed by atoms with Gasteiger partial charge in [-0.3, -0.25) is 0 Å². The standard InChI is InChI=1S/C10H15NO3S/c1-8(7-14-2)15(12,13)10-5-3-4-9(11)6-10/h3-6,8H,7,11H2,1-2H3. The highest BCUT2D eigenvalue weighted by Crippen LogP contribution is 2.18. The summed E-state index contributed by atoms with van der Waals surface area (Å²) in [6, 6.07) is 6.28. The molecule has 0 aliphatic carbocycles. The zero-order valence-corrected chi connectivity index (χ0v) is 9.62. The highest BCUT2D eigenvalue weighted by atomic mass is 32.2. The molecule has 0 saturated heterocycles. The van der Waals surface area contributed by atoms with Gasteiger partial charge in [-0.2, -0.15) is 0 Å². The van der Waals surface area contributed by atoms with Crippen LogP contribution in [0.1, 0.15) is 6.92 Å². The van der Waals surface area contributed by atoms with Gasteiger partial charge in [0.15, 0.2) is 9.84 Å². The van der Waals surface area contributed by atoms with E-state index in [-0.39, 0.29) is 11.5 Å². The maximum atomic E-state index is 11.9. The lowest BCUT2D eigenvalue weighted by atomic mass is 10.3. The molecule has 0 saturated carbocycles. The second kappa shape index (κ2) is 4.63. The lowest BCUT2D eigenvalue weighted by molar-refractivity contribution is 0.200. The summed E-state index contributed by atoms with van der Waals surface area (Å²) in [6.07, 6.45) is 0. The van der Waals surface area contributed by atoms with Gasteiger partial charge >= 0.3 is 0 Å². The van der Waals surface area contributed by atoms with Crippen LogP contribution in [-0.2, 0) is 14.6 Å². The molecule has 0 aromatic heterocycles. The largest absolute Gasteiger partial charge is 0.399 e. The van der Waals surface area contributed by atoms with Gasteiger partial charge in [-0.25, -0.2) is 8.42 Å². The van der Waals surface area contributed by atoms with Gasteiger partial charge in [0.05, 0.1) is 16.8 Å². The first kappa shape index (κ1) is 12.0. The molecule has 0 aliphatic rings. The van der Waals surface area contributed by atoms with Crippen molar-refractivity contribution in [3.8, 4) is 0 Å². The molecule has 1 unspecified atom stereocenters. The van der Waals surface area contributed by atoms with E-state index in [1.807, 2.05) is 0 Å². The van der Waals surface area contributed by atoms with E-state index < -0.39 is 15.1 Å². The number of anilines is 1. The molecule has 15 heavy (non-hydrogen) atoms. The molecule has 4 nitrogen and oxygen atoms in total. The molecular formula is C10H15NO3S. The first-order valence-electron chi connectivity index (χ1n) is 4.57. The van der Waals surface area contributed by atoms with Crippen LogP contribution in [0.15, 0.2) is 29.2 Å². The van der Waals surface area contributed by atoms with Crippen molar-refractivity contribution in [1.82, 2.24) is 0 Å². The molecule has 1 aromatic rings. The van der Waals surface area contributed by atoms with Gasteiger partial charge in [0.25, 0.3) is 0 Å². The Kier molecular flexibility index (Phi) is 3.71. The average Bonchev–Trinajstić information content (AvgIpc) is 2.18. The van der Waals surface area contributed by atoms with Crippen molar-refractivity contribution in [1.29, 1.82) is 0 Å². The zero-order chi connectivity index (χ0) is 11.5. The monoisotopic (exact) mass is 229 g/mol. The molecule has 1 aromatic carbocycles. The molecular weight excluding hydrogens is 214 g/mol. The van der Waals surface area contributed by atoms with Gasteiger partial charge in [0, 0.05) is 12.8 Å². The molecule has 5 heteroatoms. The lowest BCUT2D eigenvalue weighted by Gasteiger charge is -2.12. The maximum Gasteiger partial charge on any atom is 0.183 e. The number of ether oxygens (including phenoxy) is 1. The predicted octanol–water partition coefficient (Wildman–Crippen LogP) is 1.08. The fraction of sp³-hybridized carbons (Fsp3) is 0.400. The molecule has 0 radical (unpaired) electrons. The van der Waals surface area contributed by atoms with Crippen molar-refractivity contribution in [3.63, 3.8) is 0 Å². The van der Waals surface area contributed by atoms with Crippen molar-refractivity contribution >= 4 is 15.5 Å². The molecule has 0 amide bonds. The van der Waals surface area contributed by atoms with Crippen LogP contribution in [0.4, 0.5) is 5.69 Å². The van der Waals surface area contributed by atoms with E-state index in [4.69, 9.17) is 10.5 Å². The van der Waals surface area contributed by atoms with Gasteiger partial charge in [-0.05, 0) is 25.1 Å². The van der Waals surface area contributed by atoms with E-state index in [2.05, 4.69) is 0 Å².